The van der Waals surface area contributed by atoms with Gasteiger partial charge in [0, 0.05) is 19.3 Å². The van der Waals surface area contributed by atoms with Gasteiger partial charge in [0.05, 0.1) is 6.61 Å². The minimum absolute atomic E-state index is 0.0419. The van der Waals surface area contributed by atoms with Crippen molar-refractivity contribution in [1.29, 1.82) is 0 Å². The standard InChI is InChI=1S/C19H31N3O5/c1-3-5-8-11-15(23)14-22(17-18(25)21-19(26)20-17)13-10-7-6-9-12-16(24)27-4-2/h14,17H,3-13H2,1-2H3,(H-,20,21,25,26)/p+1. The molecule has 3 amide bonds. The molecule has 8 heteroatoms. The van der Waals surface area contributed by atoms with Crippen LogP contribution in [-0.4, -0.2) is 53.8 Å². The quantitative estimate of drug-likeness (QED) is 0.157. The summed E-state index contributed by atoms with van der Waals surface area (Å²) in [5.41, 5.74) is 0. The van der Waals surface area contributed by atoms with E-state index in [2.05, 4.69) is 17.6 Å². The summed E-state index contributed by atoms with van der Waals surface area (Å²) < 4.78 is 6.50. The first-order chi connectivity index (χ1) is 13.0. The number of urea groups is 1. The second-order valence-electron chi connectivity index (χ2n) is 6.62. The van der Waals surface area contributed by atoms with Gasteiger partial charge in [-0.15, -0.1) is 0 Å². The number of ether oxygens (including phenoxy) is 1. The fraction of sp³-hybridized carbons (Fsp3) is 0.737. The zero-order valence-electron chi connectivity index (χ0n) is 16.4. The van der Waals surface area contributed by atoms with Crippen molar-refractivity contribution in [2.24, 2.45) is 0 Å². The highest BCUT2D eigenvalue weighted by molar-refractivity contribution is 6.25. The first kappa shape index (κ1) is 22.8. The summed E-state index contributed by atoms with van der Waals surface area (Å²) in [5.74, 6) is -0.671. The van der Waals surface area contributed by atoms with E-state index in [-0.39, 0.29) is 11.8 Å². The topological polar surface area (TPSA) is 105 Å². The van der Waals surface area contributed by atoms with E-state index < -0.39 is 18.1 Å². The van der Waals surface area contributed by atoms with Crippen molar-refractivity contribution in [1.82, 2.24) is 10.6 Å². The maximum Gasteiger partial charge on any atom is 0.327 e. The number of carbonyl (C=O) groups excluding carboxylic acids is 4. The van der Waals surface area contributed by atoms with Gasteiger partial charge in [-0.1, -0.05) is 26.2 Å². The minimum atomic E-state index is -0.841. The first-order valence-corrected chi connectivity index (χ1v) is 9.88. The van der Waals surface area contributed by atoms with Crippen molar-refractivity contribution < 1.29 is 28.5 Å². The third kappa shape index (κ3) is 9.30. The molecule has 1 fully saturated rings. The Balaban J connectivity index is 2.49. The fourth-order valence-electron chi connectivity index (χ4n) is 2.86. The predicted octanol–water partition coefficient (Wildman–Crippen LogP) is 1.90. The summed E-state index contributed by atoms with van der Waals surface area (Å²) in [4.78, 5) is 46.8. The molecule has 0 aromatic heterocycles. The SMILES string of the molecule is CCCCCC(=O)C=[N+](CCCCCCC(=O)OCC)C1NC(=O)NC1=O. The number of carbonyl (C=O) groups is 4. The van der Waals surface area contributed by atoms with Crippen molar-refractivity contribution in [3.05, 3.63) is 0 Å². The molecule has 0 spiro atoms. The molecule has 0 bridgehead atoms. The first-order valence-electron chi connectivity index (χ1n) is 9.88. The second-order valence-corrected chi connectivity index (χ2v) is 6.62. The van der Waals surface area contributed by atoms with Crippen LogP contribution in [0, 0.1) is 0 Å². The third-order valence-corrected chi connectivity index (χ3v) is 4.27. The number of hydrogen-bond acceptors (Lipinski definition) is 5. The molecule has 27 heavy (non-hydrogen) atoms. The van der Waals surface area contributed by atoms with Crippen molar-refractivity contribution >= 4 is 29.9 Å². The molecule has 1 aliphatic rings. The smallest absolute Gasteiger partial charge is 0.327 e. The molecule has 152 valence electrons. The number of Topliss-reactive ketones (excluding diaryl/α,β-unsaturated/α-hetero) is 1. The average Bonchev–Trinajstić information content (AvgIpc) is 2.95. The average molecular weight is 382 g/mol. The fourth-order valence-corrected chi connectivity index (χ4v) is 2.86. The highest BCUT2D eigenvalue weighted by Gasteiger charge is 2.38. The van der Waals surface area contributed by atoms with Gasteiger partial charge in [-0.25, -0.2) is 9.37 Å². The molecule has 8 nitrogen and oxygen atoms in total. The molecule has 2 N–H and O–H groups in total. The summed E-state index contributed by atoms with van der Waals surface area (Å²) in [6.45, 7) is 4.73. The lowest BCUT2D eigenvalue weighted by Crippen LogP contribution is -2.42. The molecule has 1 heterocycles. The zero-order valence-corrected chi connectivity index (χ0v) is 16.4. The van der Waals surface area contributed by atoms with Crippen molar-refractivity contribution in [2.45, 2.75) is 77.8 Å². The van der Waals surface area contributed by atoms with E-state index in [9.17, 15) is 19.2 Å². The van der Waals surface area contributed by atoms with E-state index in [4.69, 9.17) is 4.74 Å². The molecule has 1 aliphatic heterocycles. The van der Waals surface area contributed by atoms with E-state index in [0.29, 0.717) is 26.0 Å². The number of imide groups is 1. The Labute approximate surface area is 160 Å². The van der Waals surface area contributed by atoms with E-state index in [0.717, 1.165) is 44.9 Å². The van der Waals surface area contributed by atoms with Gasteiger partial charge in [0.1, 0.15) is 6.54 Å². The summed E-state index contributed by atoms with van der Waals surface area (Å²) in [7, 11) is 0. The molecule has 1 unspecified atom stereocenters. The number of amides is 3. The van der Waals surface area contributed by atoms with Crippen LogP contribution in [0.3, 0.4) is 0 Å². The van der Waals surface area contributed by atoms with Gasteiger partial charge in [0.2, 0.25) is 12.0 Å². The summed E-state index contributed by atoms with van der Waals surface area (Å²) in [6, 6.07) is -0.545. The zero-order chi connectivity index (χ0) is 20.1. The molecular formula is C19H32N3O5+. The van der Waals surface area contributed by atoms with E-state index in [1.165, 1.54) is 6.21 Å². The van der Waals surface area contributed by atoms with Crippen molar-refractivity contribution in [3.8, 4) is 0 Å². The molecule has 1 atom stereocenters. The second kappa shape index (κ2) is 13.0. The van der Waals surface area contributed by atoms with Gasteiger partial charge in [-0.3, -0.25) is 25.0 Å². The van der Waals surface area contributed by atoms with Gasteiger partial charge >= 0.3 is 24.1 Å². The molecule has 0 aromatic carbocycles. The lowest BCUT2D eigenvalue weighted by atomic mass is 10.1. The Kier molecular flexibility index (Phi) is 11.0. The molecule has 0 aliphatic carbocycles. The Hall–Kier alpha value is -2.25. The highest BCUT2D eigenvalue weighted by Crippen LogP contribution is 2.06. The monoisotopic (exact) mass is 382 g/mol. The van der Waals surface area contributed by atoms with Crippen LogP contribution in [0.4, 0.5) is 4.79 Å². The summed E-state index contributed by atoms with van der Waals surface area (Å²) in [6.07, 6.45) is 7.50. The van der Waals surface area contributed by atoms with E-state index in [1.54, 1.807) is 11.5 Å². The molecule has 0 saturated carbocycles. The molecular weight excluding hydrogens is 350 g/mol. The lowest BCUT2D eigenvalue weighted by Gasteiger charge is -2.08. The van der Waals surface area contributed by atoms with E-state index >= 15 is 0 Å². The number of nitrogens with zero attached hydrogens (tertiary/aromatic N) is 1. The van der Waals surface area contributed by atoms with Crippen LogP contribution < -0.4 is 10.6 Å². The van der Waals surface area contributed by atoms with Crippen molar-refractivity contribution in [2.75, 3.05) is 13.2 Å². The largest absolute Gasteiger partial charge is 0.466 e. The van der Waals surface area contributed by atoms with E-state index in [1.807, 2.05) is 0 Å². The van der Waals surface area contributed by atoms with Gasteiger partial charge in [-0.2, -0.15) is 0 Å². The molecule has 0 aromatic rings. The number of rotatable bonds is 14. The van der Waals surface area contributed by atoms with Gasteiger partial charge in [-0.05, 0) is 26.2 Å². The third-order valence-electron chi connectivity index (χ3n) is 4.27. The van der Waals surface area contributed by atoms with Crippen LogP contribution in [0.2, 0.25) is 0 Å². The molecule has 0 radical (unpaired) electrons. The summed E-state index contributed by atoms with van der Waals surface area (Å²) in [5, 5.41) is 4.73. The molecule has 1 saturated heterocycles. The van der Waals surface area contributed by atoms with Gasteiger partial charge in [0.25, 0.3) is 0 Å². The van der Waals surface area contributed by atoms with Crippen LogP contribution in [-0.2, 0) is 19.1 Å². The van der Waals surface area contributed by atoms with Crippen LogP contribution >= 0.6 is 0 Å². The summed E-state index contributed by atoms with van der Waals surface area (Å²) >= 11 is 0. The van der Waals surface area contributed by atoms with Crippen LogP contribution in [0.15, 0.2) is 0 Å². The van der Waals surface area contributed by atoms with Crippen molar-refractivity contribution in [3.63, 3.8) is 0 Å². The number of ketones is 1. The number of hydrogen-bond donors (Lipinski definition) is 2. The number of nitrogens with one attached hydrogen (secondary N) is 2. The normalized spacial score (nSPS) is 16.8. The Morgan fingerprint density at radius 1 is 1.04 bits per heavy atom. The van der Waals surface area contributed by atoms with Crippen LogP contribution in [0.25, 0.3) is 0 Å². The Bertz CT molecular complexity index is 560. The Morgan fingerprint density at radius 2 is 1.74 bits per heavy atom. The van der Waals surface area contributed by atoms with Crippen LogP contribution in [0.5, 0.6) is 0 Å². The maximum absolute atomic E-state index is 12.2. The maximum atomic E-state index is 12.2. The molecule has 1 rings (SSSR count). The van der Waals surface area contributed by atoms with Gasteiger partial charge < -0.3 is 4.74 Å². The highest BCUT2D eigenvalue weighted by atomic mass is 16.5. The lowest BCUT2D eigenvalue weighted by molar-refractivity contribution is -0.550. The number of unbranched alkanes of at least 4 members (excludes halogenated alkanes) is 5. The number of esters is 1. The van der Waals surface area contributed by atoms with Gasteiger partial charge in [0.15, 0.2) is 0 Å². The Morgan fingerprint density at radius 3 is 2.37 bits per heavy atom. The predicted molar refractivity (Wildman–Crippen MR) is 101 cm³/mol. The minimum Gasteiger partial charge on any atom is -0.466 e. The van der Waals surface area contributed by atoms with Crippen LogP contribution in [0.1, 0.15) is 71.6 Å².